The number of nitrogens with two attached hydrogens (primary N) is 2. The Bertz CT molecular complexity index is 385. The average molecular weight is 267 g/mol. The van der Waals surface area contributed by atoms with Crippen molar-refractivity contribution in [1.82, 2.24) is 4.90 Å². The summed E-state index contributed by atoms with van der Waals surface area (Å²) in [5, 5.41) is 0. The number of carbonyl (C=O) groups is 2. The lowest BCUT2D eigenvalue weighted by Crippen LogP contribution is -2.44. The van der Waals surface area contributed by atoms with Crippen LogP contribution in [0.25, 0.3) is 0 Å². The van der Waals surface area contributed by atoms with Crippen molar-refractivity contribution in [2.45, 2.75) is 45.6 Å². The van der Waals surface area contributed by atoms with Gasteiger partial charge in [0, 0.05) is 25.0 Å². The van der Waals surface area contributed by atoms with E-state index < -0.39 is 5.41 Å². The fourth-order valence-electron chi connectivity index (χ4n) is 3.19. The first-order chi connectivity index (χ1) is 8.83. The highest BCUT2D eigenvalue weighted by Crippen LogP contribution is 2.34. The van der Waals surface area contributed by atoms with E-state index in [0.717, 1.165) is 19.3 Å². The molecule has 0 aromatic heterocycles. The van der Waals surface area contributed by atoms with Crippen LogP contribution in [-0.4, -0.2) is 35.8 Å². The highest BCUT2D eigenvalue weighted by molar-refractivity contribution is 5.84. The zero-order valence-electron chi connectivity index (χ0n) is 11.9. The quantitative estimate of drug-likeness (QED) is 0.762. The number of hydrogen-bond acceptors (Lipinski definition) is 3. The molecule has 5 nitrogen and oxygen atoms in total. The van der Waals surface area contributed by atoms with E-state index in [1.807, 2.05) is 6.92 Å². The molecule has 4 N–H and O–H groups in total. The first kappa shape index (κ1) is 14.3. The minimum Gasteiger partial charge on any atom is -0.369 e. The summed E-state index contributed by atoms with van der Waals surface area (Å²) < 4.78 is 0. The van der Waals surface area contributed by atoms with Gasteiger partial charge in [-0.05, 0) is 38.5 Å². The third kappa shape index (κ3) is 2.76. The SMILES string of the molecule is CC1CCC(C(=O)N2CCC(C)(C(N)=O)C2)CC1N. The molecule has 0 aromatic carbocycles. The highest BCUT2D eigenvalue weighted by atomic mass is 16.2. The van der Waals surface area contributed by atoms with Gasteiger partial charge in [-0.25, -0.2) is 0 Å². The fraction of sp³-hybridized carbons (Fsp3) is 0.857. The number of hydrogen-bond donors (Lipinski definition) is 2. The molecular formula is C14H25N3O2. The number of carbonyl (C=O) groups excluding carboxylic acids is 2. The minimum absolute atomic E-state index is 0.0291. The lowest BCUT2D eigenvalue weighted by Gasteiger charge is -2.33. The van der Waals surface area contributed by atoms with Crippen molar-refractivity contribution in [3.63, 3.8) is 0 Å². The lowest BCUT2D eigenvalue weighted by molar-refractivity contribution is -0.136. The lowest BCUT2D eigenvalue weighted by atomic mass is 9.79. The maximum atomic E-state index is 12.5. The molecule has 108 valence electrons. The summed E-state index contributed by atoms with van der Waals surface area (Å²) in [5.41, 5.74) is 10.9. The monoisotopic (exact) mass is 267 g/mol. The maximum Gasteiger partial charge on any atom is 0.225 e. The Balaban J connectivity index is 1.97. The molecule has 4 unspecified atom stereocenters. The van der Waals surface area contributed by atoms with Crippen LogP contribution in [0.5, 0.6) is 0 Å². The number of primary amides is 1. The molecule has 1 aliphatic carbocycles. The Morgan fingerprint density at radius 2 is 2.00 bits per heavy atom. The van der Waals surface area contributed by atoms with Crippen LogP contribution in [0, 0.1) is 17.3 Å². The van der Waals surface area contributed by atoms with Crippen LogP contribution in [0.2, 0.25) is 0 Å². The number of nitrogens with zero attached hydrogens (tertiary/aromatic N) is 1. The fourth-order valence-corrected chi connectivity index (χ4v) is 3.19. The summed E-state index contributed by atoms with van der Waals surface area (Å²) in [6, 6.07) is 0.118. The van der Waals surface area contributed by atoms with E-state index in [1.54, 1.807) is 4.90 Å². The molecule has 1 aliphatic heterocycles. The van der Waals surface area contributed by atoms with Gasteiger partial charge in [0.2, 0.25) is 11.8 Å². The van der Waals surface area contributed by atoms with Crippen molar-refractivity contribution < 1.29 is 9.59 Å². The molecular weight excluding hydrogens is 242 g/mol. The van der Waals surface area contributed by atoms with Gasteiger partial charge in [-0.15, -0.1) is 0 Å². The zero-order chi connectivity index (χ0) is 14.2. The molecule has 1 saturated heterocycles. The standard InChI is InChI=1S/C14H25N3O2/c1-9-3-4-10(7-11(9)15)12(18)17-6-5-14(2,8-17)13(16)19/h9-11H,3-8,15H2,1-2H3,(H2,16,19). The average Bonchev–Trinajstić information content (AvgIpc) is 2.76. The molecule has 2 rings (SSSR count). The smallest absolute Gasteiger partial charge is 0.225 e. The van der Waals surface area contributed by atoms with E-state index in [9.17, 15) is 9.59 Å². The molecule has 0 spiro atoms. The van der Waals surface area contributed by atoms with E-state index >= 15 is 0 Å². The second-order valence-electron chi connectivity index (χ2n) is 6.59. The van der Waals surface area contributed by atoms with Gasteiger partial charge in [0.25, 0.3) is 0 Å². The predicted octanol–water partition coefficient (Wildman–Crippen LogP) is 0.474. The molecule has 2 aliphatic rings. The van der Waals surface area contributed by atoms with Crippen LogP contribution in [0.15, 0.2) is 0 Å². The van der Waals surface area contributed by atoms with Crippen molar-refractivity contribution in [2.75, 3.05) is 13.1 Å². The van der Waals surface area contributed by atoms with E-state index in [2.05, 4.69) is 6.92 Å². The van der Waals surface area contributed by atoms with Gasteiger partial charge in [-0.1, -0.05) is 6.92 Å². The van der Waals surface area contributed by atoms with Gasteiger partial charge in [0.1, 0.15) is 0 Å². The van der Waals surface area contributed by atoms with Crippen LogP contribution in [0.4, 0.5) is 0 Å². The summed E-state index contributed by atoms with van der Waals surface area (Å²) in [4.78, 5) is 25.7. The molecule has 5 heteroatoms. The van der Waals surface area contributed by atoms with Gasteiger partial charge in [-0.3, -0.25) is 9.59 Å². The van der Waals surface area contributed by atoms with E-state index in [1.165, 1.54) is 0 Å². The van der Waals surface area contributed by atoms with Crippen molar-refractivity contribution in [2.24, 2.45) is 28.7 Å². The first-order valence-corrected chi connectivity index (χ1v) is 7.18. The van der Waals surface area contributed by atoms with Crippen LogP contribution in [0.1, 0.15) is 39.5 Å². The summed E-state index contributed by atoms with van der Waals surface area (Å²) in [7, 11) is 0. The Morgan fingerprint density at radius 1 is 1.32 bits per heavy atom. The van der Waals surface area contributed by atoms with Gasteiger partial charge in [-0.2, -0.15) is 0 Å². The number of amides is 2. The van der Waals surface area contributed by atoms with Crippen molar-refractivity contribution in [3.8, 4) is 0 Å². The van der Waals surface area contributed by atoms with Crippen LogP contribution in [0.3, 0.4) is 0 Å². The predicted molar refractivity (Wildman–Crippen MR) is 73.0 cm³/mol. The van der Waals surface area contributed by atoms with Crippen molar-refractivity contribution in [3.05, 3.63) is 0 Å². The van der Waals surface area contributed by atoms with Crippen molar-refractivity contribution in [1.29, 1.82) is 0 Å². The second-order valence-corrected chi connectivity index (χ2v) is 6.59. The molecule has 2 fully saturated rings. The molecule has 0 bridgehead atoms. The van der Waals surface area contributed by atoms with Crippen LogP contribution < -0.4 is 11.5 Å². The van der Waals surface area contributed by atoms with E-state index in [0.29, 0.717) is 25.4 Å². The Morgan fingerprint density at radius 3 is 2.53 bits per heavy atom. The van der Waals surface area contributed by atoms with Gasteiger partial charge >= 0.3 is 0 Å². The van der Waals surface area contributed by atoms with Gasteiger partial charge < -0.3 is 16.4 Å². The molecule has 2 amide bonds. The minimum atomic E-state index is -0.556. The normalized spacial score (nSPS) is 39.3. The Hall–Kier alpha value is -1.10. The third-order valence-electron chi connectivity index (χ3n) is 4.99. The zero-order valence-corrected chi connectivity index (χ0v) is 11.9. The van der Waals surface area contributed by atoms with Crippen LogP contribution >= 0.6 is 0 Å². The second kappa shape index (κ2) is 5.12. The molecule has 1 heterocycles. The molecule has 4 atom stereocenters. The topological polar surface area (TPSA) is 89.4 Å². The summed E-state index contributed by atoms with van der Waals surface area (Å²) in [5.74, 6) is 0.379. The molecule has 0 radical (unpaired) electrons. The molecule has 0 aromatic rings. The Kier molecular flexibility index (Phi) is 3.85. The first-order valence-electron chi connectivity index (χ1n) is 7.18. The van der Waals surface area contributed by atoms with E-state index in [4.69, 9.17) is 11.5 Å². The summed E-state index contributed by atoms with van der Waals surface area (Å²) >= 11 is 0. The number of likely N-dealkylation sites (tertiary alicyclic amines) is 1. The van der Waals surface area contributed by atoms with Gasteiger partial charge in [0.05, 0.1) is 5.41 Å². The number of rotatable bonds is 2. The Labute approximate surface area is 114 Å². The third-order valence-corrected chi connectivity index (χ3v) is 4.99. The van der Waals surface area contributed by atoms with Crippen LogP contribution in [-0.2, 0) is 9.59 Å². The van der Waals surface area contributed by atoms with Crippen molar-refractivity contribution >= 4 is 11.8 Å². The highest BCUT2D eigenvalue weighted by Gasteiger charge is 2.42. The van der Waals surface area contributed by atoms with E-state index in [-0.39, 0.29) is 23.8 Å². The maximum absolute atomic E-state index is 12.5. The summed E-state index contributed by atoms with van der Waals surface area (Å²) in [6.07, 6.45) is 3.36. The molecule has 19 heavy (non-hydrogen) atoms. The molecule has 1 saturated carbocycles. The van der Waals surface area contributed by atoms with Gasteiger partial charge in [0.15, 0.2) is 0 Å². The largest absolute Gasteiger partial charge is 0.369 e. The summed E-state index contributed by atoms with van der Waals surface area (Å²) in [6.45, 7) is 5.09.